The van der Waals surface area contributed by atoms with Gasteiger partial charge < -0.3 is 10.0 Å². The number of likely N-dealkylation sites (N-methyl/N-ethyl adjacent to an activating group) is 1. The fraction of sp³-hybridized carbons (Fsp3) is 0.538. The zero-order chi connectivity index (χ0) is 12.5. The van der Waals surface area contributed by atoms with Crippen LogP contribution in [0.3, 0.4) is 0 Å². The first-order valence-electron chi connectivity index (χ1n) is 5.98. The summed E-state index contributed by atoms with van der Waals surface area (Å²) >= 11 is 0. The Bertz CT molecular complexity index is 327. The lowest BCUT2D eigenvalue weighted by Gasteiger charge is -2.16. The lowest BCUT2D eigenvalue weighted by Crippen LogP contribution is -2.29. The summed E-state index contributed by atoms with van der Waals surface area (Å²) in [6.07, 6.45) is 4.76. The van der Waals surface area contributed by atoms with Crippen molar-refractivity contribution in [1.29, 1.82) is 0 Å². The highest BCUT2D eigenvalue weighted by Gasteiger charge is 2.09. The summed E-state index contributed by atoms with van der Waals surface area (Å²) in [6.45, 7) is 0.970. The Balaban J connectivity index is 2.27. The SMILES string of the molecule is CN(CCCCCO)C(=O)Cc1ccccn1. The number of hydrogen-bond donors (Lipinski definition) is 1. The lowest BCUT2D eigenvalue weighted by atomic mass is 10.2. The molecular weight excluding hydrogens is 216 g/mol. The molecule has 0 aromatic carbocycles. The molecule has 1 rings (SSSR count). The van der Waals surface area contributed by atoms with Crippen molar-refractivity contribution in [3.63, 3.8) is 0 Å². The van der Waals surface area contributed by atoms with Crippen LogP contribution >= 0.6 is 0 Å². The van der Waals surface area contributed by atoms with Crippen LogP contribution in [-0.4, -0.2) is 41.1 Å². The van der Waals surface area contributed by atoms with E-state index in [1.807, 2.05) is 25.2 Å². The molecule has 0 atom stereocenters. The fourth-order valence-corrected chi connectivity index (χ4v) is 1.55. The van der Waals surface area contributed by atoms with Gasteiger partial charge in [0.15, 0.2) is 0 Å². The second-order valence-electron chi connectivity index (χ2n) is 4.10. The highest BCUT2D eigenvalue weighted by Crippen LogP contribution is 2.01. The molecular formula is C13H20N2O2. The molecule has 4 nitrogen and oxygen atoms in total. The molecule has 17 heavy (non-hydrogen) atoms. The topological polar surface area (TPSA) is 53.4 Å². The molecule has 1 aromatic rings. The summed E-state index contributed by atoms with van der Waals surface area (Å²) in [4.78, 5) is 17.7. The summed E-state index contributed by atoms with van der Waals surface area (Å²) in [5.41, 5.74) is 0.805. The first-order chi connectivity index (χ1) is 8.24. The van der Waals surface area contributed by atoms with E-state index in [-0.39, 0.29) is 12.5 Å². The molecule has 0 aliphatic heterocycles. The fourth-order valence-electron chi connectivity index (χ4n) is 1.55. The second kappa shape index (κ2) is 7.79. The zero-order valence-corrected chi connectivity index (χ0v) is 10.3. The van der Waals surface area contributed by atoms with Crippen molar-refractivity contribution >= 4 is 5.91 Å². The van der Waals surface area contributed by atoms with Gasteiger partial charge in [-0.15, -0.1) is 0 Å². The third kappa shape index (κ3) is 5.45. The number of aliphatic hydroxyl groups excluding tert-OH is 1. The number of amides is 1. The molecule has 0 spiro atoms. The van der Waals surface area contributed by atoms with Crippen molar-refractivity contribution in [1.82, 2.24) is 9.88 Å². The number of aromatic nitrogens is 1. The number of carbonyl (C=O) groups is 1. The third-order valence-corrected chi connectivity index (χ3v) is 2.64. The average molecular weight is 236 g/mol. The molecule has 1 N–H and O–H groups in total. The van der Waals surface area contributed by atoms with Crippen LogP contribution in [0.2, 0.25) is 0 Å². The van der Waals surface area contributed by atoms with Crippen LogP contribution < -0.4 is 0 Å². The predicted octanol–water partition coefficient (Wildman–Crippen LogP) is 1.25. The van der Waals surface area contributed by atoms with Crippen molar-refractivity contribution in [2.24, 2.45) is 0 Å². The normalized spacial score (nSPS) is 10.2. The van der Waals surface area contributed by atoms with Gasteiger partial charge in [-0.2, -0.15) is 0 Å². The first-order valence-corrected chi connectivity index (χ1v) is 5.98. The molecule has 1 aromatic heterocycles. The Morgan fingerprint density at radius 3 is 2.82 bits per heavy atom. The van der Waals surface area contributed by atoms with Gasteiger partial charge in [-0.05, 0) is 31.4 Å². The van der Waals surface area contributed by atoms with Gasteiger partial charge in [0.05, 0.1) is 6.42 Å². The van der Waals surface area contributed by atoms with Crippen molar-refractivity contribution in [2.45, 2.75) is 25.7 Å². The number of unbranched alkanes of at least 4 members (excludes halogenated alkanes) is 2. The molecule has 94 valence electrons. The van der Waals surface area contributed by atoms with Crippen LogP contribution in [0.15, 0.2) is 24.4 Å². The van der Waals surface area contributed by atoms with Crippen molar-refractivity contribution in [3.8, 4) is 0 Å². The van der Waals surface area contributed by atoms with E-state index in [1.165, 1.54) is 0 Å². The summed E-state index contributed by atoms with van der Waals surface area (Å²) < 4.78 is 0. The molecule has 0 aliphatic carbocycles. The summed E-state index contributed by atoms with van der Waals surface area (Å²) in [6, 6.07) is 5.58. The van der Waals surface area contributed by atoms with E-state index in [2.05, 4.69) is 4.98 Å². The van der Waals surface area contributed by atoms with Crippen molar-refractivity contribution in [3.05, 3.63) is 30.1 Å². The van der Waals surface area contributed by atoms with E-state index >= 15 is 0 Å². The largest absolute Gasteiger partial charge is 0.396 e. The average Bonchev–Trinajstić information content (AvgIpc) is 2.35. The summed E-state index contributed by atoms with van der Waals surface area (Å²) in [7, 11) is 1.81. The van der Waals surface area contributed by atoms with Gasteiger partial charge in [0.2, 0.25) is 5.91 Å². The number of rotatable bonds is 7. The number of pyridine rings is 1. The van der Waals surface area contributed by atoms with Gasteiger partial charge >= 0.3 is 0 Å². The molecule has 0 bridgehead atoms. The Labute approximate surface area is 102 Å². The van der Waals surface area contributed by atoms with Crippen LogP contribution in [0.5, 0.6) is 0 Å². The molecule has 0 aliphatic rings. The van der Waals surface area contributed by atoms with E-state index in [0.29, 0.717) is 6.42 Å². The Kier molecular flexibility index (Phi) is 6.25. The highest BCUT2D eigenvalue weighted by atomic mass is 16.2. The maximum atomic E-state index is 11.8. The number of nitrogens with zero attached hydrogens (tertiary/aromatic N) is 2. The number of aliphatic hydroxyl groups is 1. The van der Waals surface area contributed by atoms with Gasteiger partial charge in [-0.25, -0.2) is 0 Å². The first kappa shape index (κ1) is 13.6. The van der Waals surface area contributed by atoms with E-state index in [0.717, 1.165) is 31.5 Å². The van der Waals surface area contributed by atoms with Gasteiger partial charge in [-0.1, -0.05) is 6.07 Å². The van der Waals surface area contributed by atoms with E-state index in [4.69, 9.17) is 5.11 Å². The minimum Gasteiger partial charge on any atom is -0.396 e. The second-order valence-corrected chi connectivity index (χ2v) is 4.10. The predicted molar refractivity (Wildman–Crippen MR) is 66.5 cm³/mol. The molecule has 0 unspecified atom stereocenters. The smallest absolute Gasteiger partial charge is 0.228 e. The van der Waals surface area contributed by atoms with Crippen molar-refractivity contribution < 1.29 is 9.90 Å². The minimum absolute atomic E-state index is 0.0905. The monoisotopic (exact) mass is 236 g/mol. The van der Waals surface area contributed by atoms with Crippen LogP contribution in [0.1, 0.15) is 25.0 Å². The van der Waals surface area contributed by atoms with Crippen LogP contribution in [-0.2, 0) is 11.2 Å². The molecule has 0 fully saturated rings. The zero-order valence-electron chi connectivity index (χ0n) is 10.3. The van der Waals surface area contributed by atoms with E-state index in [1.54, 1.807) is 11.1 Å². The quantitative estimate of drug-likeness (QED) is 0.725. The molecule has 0 saturated carbocycles. The highest BCUT2D eigenvalue weighted by molar-refractivity contribution is 5.77. The molecule has 0 saturated heterocycles. The van der Waals surface area contributed by atoms with Gasteiger partial charge in [0, 0.05) is 32.1 Å². The van der Waals surface area contributed by atoms with Crippen molar-refractivity contribution in [2.75, 3.05) is 20.2 Å². The lowest BCUT2D eigenvalue weighted by molar-refractivity contribution is -0.129. The van der Waals surface area contributed by atoms with E-state index in [9.17, 15) is 4.79 Å². The van der Waals surface area contributed by atoms with Crippen LogP contribution in [0.4, 0.5) is 0 Å². The Morgan fingerprint density at radius 2 is 2.18 bits per heavy atom. The van der Waals surface area contributed by atoms with E-state index < -0.39 is 0 Å². The molecule has 0 radical (unpaired) electrons. The van der Waals surface area contributed by atoms with Gasteiger partial charge in [0.1, 0.15) is 0 Å². The standard InChI is InChI=1S/C13H20N2O2/c1-15(9-5-2-6-10-16)13(17)11-12-7-3-4-8-14-12/h3-4,7-8,16H,2,5-6,9-11H2,1H3. The van der Waals surface area contributed by atoms with Crippen LogP contribution in [0, 0.1) is 0 Å². The Morgan fingerprint density at radius 1 is 1.35 bits per heavy atom. The van der Waals surface area contributed by atoms with Crippen LogP contribution in [0.25, 0.3) is 0 Å². The minimum atomic E-state index is 0.0905. The Hall–Kier alpha value is -1.42. The number of hydrogen-bond acceptors (Lipinski definition) is 3. The summed E-state index contributed by atoms with van der Waals surface area (Å²) in [5, 5.41) is 8.65. The summed E-state index contributed by atoms with van der Waals surface area (Å²) in [5.74, 6) is 0.0905. The van der Waals surface area contributed by atoms with Gasteiger partial charge in [-0.3, -0.25) is 9.78 Å². The maximum absolute atomic E-state index is 11.8. The third-order valence-electron chi connectivity index (χ3n) is 2.64. The molecule has 4 heteroatoms. The number of carbonyl (C=O) groups excluding carboxylic acids is 1. The molecule has 1 heterocycles. The van der Waals surface area contributed by atoms with Gasteiger partial charge in [0.25, 0.3) is 0 Å². The molecule has 1 amide bonds. The maximum Gasteiger partial charge on any atom is 0.228 e.